The third kappa shape index (κ3) is 6.18. The Morgan fingerprint density at radius 2 is 1.11 bits per heavy atom. The van der Waals surface area contributed by atoms with Gasteiger partial charge in [-0.25, -0.2) is 0 Å². The fraction of sp³-hybridized carbons (Fsp3) is 0. The Hall–Kier alpha value is -0.910. The predicted octanol–water partition coefficient (Wildman–Crippen LogP) is 1.21. The van der Waals surface area contributed by atoms with Gasteiger partial charge in [-0.15, -0.1) is 0 Å². The molecule has 2 aromatic rings. The quantitative estimate of drug-likeness (QED) is 0.827. The van der Waals surface area contributed by atoms with E-state index < -0.39 is 7.32 Å². The molecular weight excluding hydrogens is 251 g/mol. The zero-order valence-corrected chi connectivity index (χ0v) is 10.3. The van der Waals surface area contributed by atoms with Gasteiger partial charge in [0.25, 0.3) is 0 Å². The van der Waals surface area contributed by atoms with Crippen molar-refractivity contribution in [3.8, 4) is 11.5 Å². The van der Waals surface area contributed by atoms with Gasteiger partial charge in [0, 0.05) is 0 Å². The Kier molecular flexibility index (Phi) is 9.47. The maximum absolute atomic E-state index is 5.52. The van der Waals surface area contributed by atoms with Gasteiger partial charge >= 0.3 is 36.9 Å². The molecule has 94 valence electrons. The first kappa shape index (κ1) is 18.1. The van der Waals surface area contributed by atoms with E-state index in [1.165, 1.54) is 8.05 Å². The van der Waals surface area contributed by atoms with E-state index in [-0.39, 0.29) is 35.7 Å². The molecule has 0 aromatic heterocycles. The number of benzene rings is 2. The van der Waals surface area contributed by atoms with Crippen LogP contribution >= 0.6 is 0 Å². The van der Waals surface area contributed by atoms with Crippen LogP contribution in [0.3, 0.4) is 0 Å². The fourth-order valence-corrected chi connectivity index (χ4v) is 1.34. The average Bonchev–Trinajstić information content (AvgIpc) is 2.40. The summed E-state index contributed by atoms with van der Waals surface area (Å²) in [5, 5.41) is 0. The van der Waals surface area contributed by atoms with E-state index in [1.54, 1.807) is 0 Å². The van der Waals surface area contributed by atoms with Gasteiger partial charge in [0.1, 0.15) is 11.5 Å². The van der Waals surface area contributed by atoms with Crippen molar-refractivity contribution in [2.75, 3.05) is 0 Å². The third-order valence-corrected chi connectivity index (χ3v) is 2.14. The first-order valence-electron chi connectivity index (χ1n) is 5.34. The summed E-state index contributed by atoms with van der Waals surface area (Å²) in [5.41, 5.74) is 0. The molecule has 0 aliphatic rings. The van der Waals surface area contributed by atoms with Crippen molar-refractivity contribution in [2.45, 2.75) is 0 Å². The van der Waals surface area contributed by atoms with Crippen molar-refractivity contribution >= 4 is 44.9 Å². The Bertz CT molecular complexity index is 406. The summed E-state index contributed by atoms with van der Waals surface area (Å²) in [4.78, 5) is 0. The van der Waals surface area contributed by atoms with Crippen molar-refractivity contribution in [3.05, 3.63) is 60.7 Å². The van der Waals surface area contributed by atoms with Crippen LogP contribution in [-0.4, -0.2) is 44.9 Å². The predicted molar refractivity (Wildman–Crippen MR) is 81.7 cm³/mol. The molecule has 0 aliphatic carbocycles. The van der Waals surface area contributed by atoms with E-state index in [0.29, 0.717) is 11.5 Å². The Balaban J connectivity index is 0.00000162. The van der Waals surface area contributed by atoms with Gasteiger partial charge in [-0.3, -0.25) is 0 Å². The summed E-state index contributed by atoms with van der Waals surface area (Å²) in [6.07, 6.45) is 0. The zero-order valence-electron chi connectivity index (χ0n) is 10.3. The summed E-state index contributed by atoms with van der Waals surface area (Å²) < 4.78 is 16.2. The molecule has 0 aliphatic heterocycles. The number of hydrogen-bond acceptors (Lipinski definition) is 4. The summed E-state index contributed by atoms with van der Waals surface area (Å²) in [6.45, 7) is 0. The van der Waals surface area contributed by atoms with E-state index in [2.05, 4.69) is 0 Å². The molecule has 0 atom stereocenters. The molecule has 0 spiro atoms. The molecule has 0 saturated carbocycles. The molecule has 0 amide bonds. The number of hydrogen-bond donors (Lipinski definition) is 1. The van der Waals surface area contributed by atoms with Gasteiger partial charge in [-0.1, -0.05) is 36.4 Å². The van der Waals surface area contributed by atoms with Crippen molar-refractivity contribution in [1.82, 2.24) is 6.15 Å². The maximum atomic E-state index is 5.52. The summed E-state index contributed by atoms with van der Waals surface area (Å²) >= 11 is 0. The molecule has 7 heteroatoms. The minimum absolute atomic E-state index is 0. The minimum atomic E-state index is -0.750. The second-order valence-electron chi connectivity index (χ2n) is 3.39. The van der Waals surface area contributed by atoms with Gasteiger partial charge < -0.3 is 20.0 Å². The first-order chi connectivity index (χ1) is 8.38. The summed E-state index contributed by atoms with van der Waals surface area (Å²) in [6, 6.07) is 18.8. The monoisotopic (exact) mass is 267 g/mol. The first-order valence-corrected chi connectivity index (χ1v) is 5.34. The molecule has 19 heavy (non-hydrogen) atoms. The molecule has 0 unspecified atom stereocenters. The van der Waals surface area contributed by atoms with Gasteiger partial charge in [0.05, 0.1) is 0 Å². The number of para-hydroxylation sites is 2. The Morgan fingerprint density at radius 1 is 0.737 bits per heavy atom. The Morgan fingerprint density at radius 3 is 1.42 bits per heavy atom. The van der Waals surface area contributed by atoms with Crippen LogP contribution in [0.2, 0.25) is 0 Å². The molecule has 2 aromatic carbocycles. The standard InChI is InChI=1S/C12H12B2O3.H3N.Na.H/c13-17-14(15-11-7-3-1-4-8-11)16-12-9-5-2-6-10-12;;;/h1-10H,13H2;1H3;;. The van der Waals surface area contributed by atoms with Crippen LogP contribution < -0.4 is 15.5 Å². The van der Waals surface area contributed by atoms with E-state index in [9.17, 15) is 0 Å². The molecular formula is C12H16B2NNaO3. The van der Waals surface area contributed by atoms with Gasteiger partial charge in [-0.2, -0.15) is 0 Å². The van der Waals surface area contributed by atoms with Crippen molar-refractivity contribution in [2.24, 2.45) is 0 Å². The fourth-order valence-electron chi connectivity index (χ4n) is 1.34. The van der Waals surface area contributed by atoms with E-state index in [1.807, 2.05) is 60.7 Å². The van der Waals surface area contributed by atoms with Gasteiger partial charge in [-0.05, 0) is 24.3 Å². The van der Waals surface area contributed by atoms with Crippen molar-refractivity contribution in [1.29, 1.82) is 0 Å². The second-order valence-corrected chi connectivity index (χ2v) is 3.39. The molecule has 0 fully saturated rings. The molecule has 0 bridgehead atoms. The van der Waals surface area contributed by atoms with Crippen LogP contribution in [0, 0.1) is 0 Å². The van der Waals surface area contributed by atoms with Crippen LogP contribution in [0.25, 0.3) is 0 Å². The normalized spacial score (nSPS) is 8.63. The molecule has 3 N–H and O–H groups in total. The van der Waals surface area contributed by atoms with E-state index in [0.717, 1.165) is 0 Å². The number of rotatable bonds is 5. The Labute approximate surface area is 136 Å². The van der Waals surface area contributed by atoms with Gasteiger partial charge in [0.2, 0.25) is 8.05 Å². The second kappa shape index (κ2) is 9.95. The SMILES string of the molecule is BOB(Oc1ccccc1)Oc1ccccc1.N.[NaH]. The summed E-state index contributed by atoms with van der Waals surface area (Å²) in [7, 11) is 0.788. The molecule has 0 heterocycles. The molecule has 0 radical (unpaired) electrons. The van der Waals surface area contributed by atoms with Crippen LogP contribution in [0.5, 0.6) is 11.5 Å². The van der Waals surface area contributed by atoms with Crippen molar-refractivity contribution in [3.63, 3.8) is 0 Å². The van der Waals surface area contributed by atoms with Crippen LogP contribution in [-0.2, 0) is 4.57 Å². The third-order valence-electron chi connectivity index (χ3n) is 2.14. The average molecular weight is 267 g/mol. The van der Waals surface area contributed by atoms with Gasteiger partial charge in [0.15, 0.2) is 0 Å². The molecule has 0 saturated heterocycles. The zero-order chi connectivity index (χ0) is 11.9. The molecule has 4 nitrogen and oxygen atoms in total. The van der Waals surface area contributed by atoms with Crippen LogP contribution in [0.1, 0.15) is 0 Å². The molecule has 2 rings (SSSR count). The van der Waals surface area contributed by atoms with Crippen LogP contribution in [0.15, 0.2) is 60.7 Å². The van der Waals surface area contributed by atoms with E-state index in [4.69, 9.17) is 13.9 Å². The summed E-state index contributed by atoms with van der Waals surface area (Å²) in [5.74, 6) is 1.41. The van der Waals surface area contributed by atoms with Crippen LogP contribution in [0.4, 0.5) is 0 Å². The van der Waals surface area contributed by atoms with Crippen molar-refractivity contribution < 1.29 is 13.9 Å². The van der Waals surface area contributed by atoms with E-state index >= 15 is 0 Å². The topological polar surface area (TPSA) is 62.7 Å².